The van der Waals surface area contributed by atoms with Crippen molar-refractivity contribution in [3.8, 4) is 0 Å². The third-order valence-corrected chi connectivity index (χ3v) is 6.76. The molecule has 0 bridgehead atoms. The van der Waals surface area contributed by atoms with Gasteiger partial charge in [0.2, 0.25) is 11.8 Å². The summed E-state index contributed by atoms with van der Waals surface area (Å²) in [5.41, 5.74) is 0.998. The molecule has 0 radical (unpaired) electrons. The molecule has 2 heterocycles. The van der Waals surface area contributed by atoms with Crippen LogP contribution in [0.25, 0.3) is 0 Å². The smallest absolute Gasteiger partial charge is 0.326 e. The van der Waals surface area contributed by atoms with E-state index < -0.39 is 23.3 Å². The third kappa shape index (κ3) is 4.79. The monoisotopic (exact) mass is 408 g/mol. The second-order valence-corrected chi connectivity index (χ2v) is 8.82. The molecule has 1 aromatic carbocycles. The number of thioether (sulfide) groups is 1. The molecule has 2 aliphatic rings. The van der Waals surface area contributed by atoms with Crippen molar-refractivity contribution in [2.45, 2.75) is 54.8 Å². The number of aliphatic carboxylic acids is 1. The summed E-state index contributed by atoms with van der Waals surface area (Å²) in [6.45, 7) is 0. The number of carbonyl (C=O) groups excluding carboxylic acids is 2. The Bertz CT molecular complexity index is 700. The Labute approximate surface area is 168 Å². The molecule has 2 amide bonds. The van der Waals surface area contributed by atoms with Gasteiger partial charge in [-0.3, -0.25) is 9.59 Å². The fraction of sp³-hybridized carbons (Fsp3) is 0.526. The maximum atomic E-state index is 13.0. The average Bonchev–Trinajstić information content (AvgIpc) is 2.81. The highest BCUT2D eigenvalue weighted by atomic mass is 32.2. The van der Waals surface area contributed by atoms with Gasteiger partial charge in [0.1, 0.15) is 12.1 Å². The molecule has 0 saturated carbocycles. The zero-order valence-electron chi connectivity index (χ0n) is 14.9. The Morgan fingerprint density at radius 3 is 2.70 bits per heavy atom. The number of rotatable bonds is 5. The summed E-state index contributed by atoms with van der Waals surface area (Å²) in [7, 11) is 0. The van der Waals surface area contributed by atoms with E-state index in [9.17, 15) is 19.5 Å². The summed E-state index contributed by atoms with van der Waals surface area (Å²) < 4.78 is 0. The molecule has 146 valence electrons. The number of nitrogens with one attached hydrogen (secondary N) is 1. The normalized spacial score (nSPS) is 26.6. The molecule has 8 heteroatoms. The van der Waals surface area contributed by atoms with Gasteiger partial charge in [-0.2, -0.15) is 12.6 Å². The summed E-state index contributed by atoms with van der Waals surface area (Å²) in [4.78, 5) is 38.7. The fourth-order valence-electron chi connectivity index (χ4n) is 3.62. The molecule has 3 rings (SSSR count). The van der Waals surface area contributed by atoms with Crippen molar-refractivity contribution in [2.24, 2.45) is 0 Å². The van der Waals surface area contributed by atoms with Gasteiger partial charge in [0, 0.05) is 0 Å². The molecule has 4 atom stereocenters. The van der Waals surface area contributed by atoms with Crippen LogP contribution < -0.4 is 5.32 Å². The summed E-state index contributed by atoms with van der Waals surface area (Å²) in [6.07, 6.45) is 3.02. The van der Waals surface area contributed by atoms with E-state index in [-0.39, 0.29) is 17.2 Å². The maximum absolute atomic E-state index is 13.0. The lowest BCUT2D eigenvalue weighted by atomic mass is 10.00. The van der Waals surface area contributed by atoms with Crippen molar-refractivity contribution < 1.29 is 19.5 Å². The van der Waals surface area contributed by atoms with E-state index >= 15 is 0 Å². The zero-order valence-corrected chi connectivity index (χ0v) is 16.6. The molecule has 0 aliphatic carbocycles. The first kappa shape index (κ1) is 20.1. The first-order valence-electron chi connectivity index (χ1n) is 9.16. The van der Waals surface area contributed by atoms with Crippen LogP contribution >= 0.6 is 24.4 Å². The highest BCUT2D eigenvalue weighted by molar-refractivity contribution is 7.99. The molecule has 0 spiro atoms. The zero-order chi connectivity index (χ0) is 19.4. The number of hydrogen-bond donors (Lipinski definition) is 3. The Hall–Kier alpha value is -1.67. The second kappa shape index (κ2) is 9.01. The topological polar surface area (TPSA) is 86.7 Å². The van der Waals surface area contributed by atoms with E-state index in [0.29, 0.717) is 25.0 Å². The Balaban J connectivity index is 1.67. The minimum atomic E-state index is -0.975. The summed E-state index contributed by atoms with van der Waals surface area (Å²) in [5.74, 6) is -0.851. The van der Waals surface area contributed by atoms with Gasteiger partial charge in [-0.25, -0.2) is 4.79 Å². The van der Waals surface area contributed by atoms with E-state index in [0.717, 1.165) is 18.4 Å². The molecule has 2 saturated heterocycles. The van der Waals surface area contributed by atoms with Gasteiger partial charge in [-0.15, -0.1) is 11.8 Å². The third-order valence-electron chi connectivity index (χ3n) is 5.02. The van der Waals surface area contributed by atoms with Crippen LogP contribution in [0.1, 0.15) is 31.2 Å². The predicted molar refractivity (Wildman–Crippen MR) is 108 cm³/mol. The van der Waals surface area contributed by atoms with Crippen LogP contribution in [0.5, 0.6) is 0 Å². The number of nitrogens with zero attached hydrogens (tertiary/aromatic N) is 1. The number of benzene rings is 1. The van der Waals surface area contributed by atoms with Crippen LogP contribution in [0, 0.1) is 0 Å². The highest BCUT2D eigenvalue weighted by Crippen LogP contribution is 2.34. The Morgan fingerprint density at radius 1 is 1.26 bits per heavy atom. The standard InChI is InChI=1S/C19H24N2O4S2/c22-17(15(26)11-12-5-2-1-3-6-12)20-13-9-10-27-16-8-4-7-14(19(24)25)21(16)18(13)23/h1-3,5-6,13-16,26H,4,7-11H2,(H,20,22)(H,24,25)/t13-,14-,15+,16?/m0/s1. The number of carboxylic acid groups (broad SMARTS) is 1. The number of carbonyl (C=O) groups is 3. The average molecular weight is 409 g/mol. The summed E-state index contributed by atoms with van der Waals surface area (Å²) >= 11 is 6.01. The van der Waals surface area contributed by atoms with Crippen molar-refractivity contribution in [3.05, 3.63) is 35.9 Å². The van der Waals surface area contributed by atoms with E-state index in [4.69, 9.17) is 0 Å². The molecule has 1 unspecified atom stereocenters. The molecule has 6 nitrogen and oxygen atoms in total. The first-order chi connectivity index (χ1) is 13.0. The predicted octanol–water partition coefficient (Wildman–Crippen LogP) is 1.94. The molecular weight excluding hydrogens is 384 g/mol. The van der Waals surface area contributed by atoms with Crippen LogP contribution in [-0.2, 0) is 20.8 Å². The molecule has 0 aromatic heterocycles. The van der Waals surface area contributed by atoms with Crippen LogP contribution in [0.3, 0.4) is 0 Å². The number of fused-ring (bicyclic) bond motifs is 1. The van der Waals surface area contributed by atoms with Crippen molar-refractivity contribution in [3.63, 3.8) is 0 Å². The van der Waals surface area contributed by atoms with Gasteiger partial charge in [0.15, 0.2) is 0 Å². The number of carboxylic acids is 1. The Kier molecular flexibility index (Phi) is 6.70. The van der Waals surface area contributed by atoms with Crippen LogP contribution in [0.15, 0.2) is 30.3 Å². The van der Waals surface area contributed by atoms with Crippen LogP contribution in [0.2, 0.25) is 0 Å². The Morgan fingerprint density at radius 2 is 2.00 bits per heavy atom. The number of hydrogen-bond acceptors (Lipinski definition) is 5. The summed E-state index contributed by atoms with van der Waals surface area (Å²) in [6, 6.07) is 8.08. The maximum Gasteiger partial charge on any atom is 0.326 e. The van der Waals surface area contributed by atoms with Gasteiger partial charge < -0.3 is 15.3 Å². The van der Waals surface area contributed by atoms with Gasteiger partial charge >= 0.3 is 5.97 Å². The molecule has 1 aromatic rings. The van der Waals surface area contributed by atoms with Crippen molar-refractivity contribution in [2.75, 3.05) is 5.75 Å². The molecule has 2 aliphatic heterocycles. The quantitative estimate of drug-likeness (QED) is 0.648. The van der Waals surface area contributed by atoms with Crippen LogP contribution in [0.4, 0.5) is 0 Å². The van der Waals surface area contributed by atoms with Crippen molar-refractivity contribution in [1.29, 1.82) is 0 Å². The van der Waals surface area contributed by atoms with Gasteiger partial charge in [-0.1, -0.05) is 30.3 Å². The largest absolute Gasteiger partial charge is 0.480 e. The van der Waals surface area contributed by atoms with Gasteiger partial charge in [0.25, 0.3) is 0 Å². The lowest BCUT2D eigenvalue weighted by Gasteiger charge is -2.39. The highest BCUT2D eigenvalue weighted by Gasteiger charge is 2.43. The molecule has 27 heavy (non-hydrogen) atoms. The van der Waals surface area contributed by atoms with Crippen molar-refractivity contribution in [1.82, 2.24) is 10.2 Å². The van der Waals surface area contributed by atoms with Gasteiger partial charge in [-0.05, 0) is 43.4 Å². The number of piperidine rings is 1. The minimum absolute atomic E-state index is 0.120. The minimum Gasteiger partial charge on any atom is -0.480 e. The lowest BCUT2D eigenvalue weighted by molar-refractivity contribution is -0.154. The SMILES string of the molecule is O=C(N[C@H]1CCSC2CCC[C@@H](C(=O)O)N2C1=O)[C@H](S)Cc1ccccc1. The molecule has 2 fully saturated rings. The van der Waals surface area contributed by atoms with E-state index in [2.05, 4.69) is 17.9 Å². The fourth-order valence-corrected chi connectivity index (χ4v) is 5.30. The lowest BCUT2D eigenvalue weighted by Crippen LogP contribution is -2.57. The van der Waals surface area contributed by atoms with E-state index in [1.807, 2.05) is 30.3 Å². The first-order valence-corrected chi connectivity index (χ1v) is 10.7. The van der Waals surface area contributed by atoms with Crippen LogP contribution in [-0.4, -0.2) is 56.3 Å². The van der Waals surface area contributed by atoms with Gasteiger partial charge in [0.05, 0.1) is 10.6 Å². The number of thiol groups is 1. The van der Waals surface area contributed by atoms with Crippen molar-refractivity contribution >= 4 is 42.2 Å². The van der Waals surface area contributed by atoms with E-state index in [1.165, 1.54) is 4.90 Å². The molecule has 2 N–H and O–H groups in total. The summed E-state index contributed by atoms with van der Waals surface area (Å²) in [5, 5.41) is 11.6. The molecular formula is C19H24N2O4S2. The second-order valence-electron chi connectivity index (χ2n) is 6.91. The number of amides is 2. The van der Waals surface area contributed by atoms with E-state index in [1.54, 1.807) is 11.8 Å².